The van der Waals surface area contributed by atoms with E-state index >= 15 is 0 Å². The second-order valence-electron chi connectivity index (χ2n) is 4.22. The maximum Gasteiger partial charge on any atom is 0.224 e. The summed E-state index contributed by atoms with van der Waals surface area (Å²) in [5, 5.41) is 7.92. The van der Waals surface area contributed by atoms with Crippen molar-refractivity contribution in [2.45, 2.75) is 13.8 Å². The second kappa shape index (κ2) is 4.07. The normalized spacial score (nSPS) is 11.1. The zero-order valence-electron chi connectivity index (χ0n) is 10.0. The molecule has 0 saturated heterocycles. The number of halogens is 1. The molecule has 1 aromatic carbocycles. The summed E-state index contributed by atoms with van der Waals surface area (Å²) in [6.45, 7) is 4.15. The summed E-state index contributed by atoms with van der Waals surface area (Å²) in [7, 11) is 0. The third-order valence-corrected chi connectivity index (χ3v) is 3.31. The van der Waals surface area contributed by atoms with Crippen molar-refractivity contribution in [3.63, 3.8) is 0 Å². The van der Waals surface area contributed by atoms with Gasteiger partial charge < -0.3 is 0 Å². The zero-order chi connectivity index (χ0) is 12.7. The van der Waals surface area contributed by atoms with E-state index in [2.05, 4.69) is 40.1 Å². The fourth-order valence-electron chi connectivity index (χ4n) is 2.02. The van der Waals surface area contributed by atoms with E-state index in [-0.39, 0.29) is 5.28 Å². The van der Waals surface area contributed by atoms with Gasteiger partial charge in [-0.3, -0.25) is 5.10 Å². The topological polar surface area (TPSA) is 54.5 Å². The van der Waals surface area contributed by atoms with Crippen LogP contribution in [-0.4, -0.2) is 20.2 Å². The molecule has 3 rings (SSSR count). The quantitative estimate of drug-likeness (QED) is 0.682. The molecule has 0 aliphatic carbocycles. The first-order valence-corrected chi connectivity index (χ1v) is 5.98. The number of aryl methyl sites for hydroxylation is 1. The lowest BCUT2D eigenvalue weighted by molar-refractivity contribution is 1.09. The van der Waals surface area contributed by atoms with Gasteiger partial charge in [0, 0.05) is 5.56 Å². The smallest absolute Gasteiger partial charge is 0.224 e. The Labute approximate surface area is 109 Å². The van der Waals surface area contributed by atoms with Gasteiger partial charge in [0.1, 0.15) is 0 Å². The average Bonchev–Trinajstić information content (AvgIpc) is 2.79. The van der Waals surface area contributed by atoms with Crippen molar-refractivity contribution in [1.29, 1.82) is 0 Å². The van der Waals surface area contributed by atoms with Crippen molar-refractivity contribution in [3.05, 3.63) is 40.8 Å². The minimum Gasteiger partial charge on any atom is -0.261 e. The van der Waals surface area contributed by atoms with E-state index in [1.54, 1.807) is 6.20 Å². The zero-order valence-corrected chi connectivity index (χ0v) is 10.8. The lowest BCUT2D eigenvalue weighted by atomic mass is 9.99. The van der Waals surface area contributed by atoms with Gasteiger partial charge in [0.25, 0.3) is 0 Å². The molecule has 18 heavy (non-hydrogen) atoms. The van der Waals surface area contributed by atoms with Gasteiger partial charge in [0.05, 0.1) is 17.3 Å². The molecule has 2 aromatic heterocycles. The number of benzene rings is 1. The van der Waals surface area contributed by atoms with Crippen LogP contribution >= 0.6 is 11.6 Å². The molecule has 1 N–H and O–H groups in total. The maximum absolute atomic E-state index is 5.95. The molecule has 0 bridgehead atoms. The first kappa shape index (κ1) is 11.2. The predicted molar refractivity (Wildman–Crippen MR) is 71.6 cm³/mol. The van der Waals surface area contributed by atoms with Crippen molar-refractivity contribution in [1.82, 2.24) is 20.2 Å². The Kier molecular flexibility index (Phi) is 2.52. The highest BCUT2D eigenvalue weighted by molar-refractivity contribution is 6.28. The Morgan fingerprint density at radius 3 is 2.83 bits per heavy atom. The standard InChI is InChI=1S/C13H11ClN4/c1-7-4-3-5-9(8(7)2)11-10-6-15-18-12(10)17-13(14)16-11/h3-6H,1-2H3,(H,15,16,17,18). The summed E-state index contributed by atoms with van der Waals surface area (Å²) < 4.78 is 0. The Bertz CT molecular complexity index is 733. The number of nitrogens with one attached hydrogen (secondary N) is 1. The molecule has 5 heteroatoms. The Hall–Kier alpha value is -1.94. The van der Waals surface area contributed by atoms with Gasteiger partial charge in [-0.05, 0) is 36.6 Å². The molecule has 4 nitrogen and oxygen atoms in total. The monoisotopic (exact) mass is 258 g/mol. The first-order chi connectivity index (χ1) is 8.66. The van der Waals surface area contributed by atoms with Gasteiger partial charge in [0.2, 0.25) is 5.28 Å². The van der Waals surface area contributed by atoms with Crippen LogP contribution in [0.1, 0.15) is 11.1 Å². The average molecular weight is 259 g/mol. The molecule has 3 aromatic rings. The van der Waals surface area contributed by atoms with Crippen molar-refractivity contribution < 1.29 is 0 Å². The van der Waals surface area contributed by atoms with Crippen molar-refractivity contribution >= 4 is 22.6 Å². The number of aromatic nitrogens is 4. The molecule has 0 atom stereocenters. The van der Waals surface area contributed by atoms with E-state index in [4.69, 9.17) is 11.6 Å². The van der Waals surface area contributed by atoms with Crippen LogP contribution in [0.5, 0.6) is 0 Å². The number of H-pyrrole nitrogens is 1. The highest BCUT2D eigenvalue weighted by Gasteiger charge is 2.12. The van der Waals surface area contributed by atoms with Gasteiger partial charge in [0.15, 0.2) is 5.65 Å². The van der Waals surface area contributed by atoms with Gasteiger partial charge in [-0.1, -0.05) is 18.2 Å². The summed E-state index contributed by atoms with van der Waals surface area (Å²) in [5.41, 5.74) is 4.95. The molecule has 2 heterocycles. The fraction of sp³-hybridized carbons (Fsp3) is 0.154. The van der Waals surface area contributed by atoms with E-state index in [1.807, 2.05) is 12.1 Å². The van der Waals surface area contributed by atoms with Gasteiger partial charge in [-0.25, -0.2) is 4.98 Å². The van der Waals surface area contributed by atoms with Crippen LogP contribution in [0.3, 0.4) is 0 Å². The molecule has 0 aliphatic rings. The maximum atomic E-state index is 5.95. The van der Waals surface area contributed by atoms with E-state index < -0.39 is 0 Å². The molecule has 0 spiro atoms. The largest absolute Gasteiger partial charge is 0.261 e. The van der Waals surface area contributed by atoms with Crippen LogP contribution in [0.15, 0.2) is 24.4 Å². The van der Waals surface area contributed by atoms with Crippen molar-refractivity contribution in [3.8, 4) is 11.3 Å². The SMILES string of the molecule is Cc1cccc(-c2nc(Cl)nc3[nH]ncc23)c1C. The summed E-state index contributed by atoms with van der Waals surface area (Å²) >= 11 is 5.95. The minimum absolute atomic E-state index is 0.225. The van der Waals surface area contributed by atoms with E-state index in [9.17, 15) is 0 Å². The number of aromatic amines is 1. The van der Waals surface area contributed by atoms with E-state index in [0.29, 0.717) is 5.65 Å². The van der Waals surface area contributed by atoms with Crippen molar-refractivity contribution in [2.24, 2.45) is 0 Å². The lowest BCUT2D eigenvalue weighted by Gasteiger charge is -2.08. The highest BCUT2D eigenvalue weighted by Crippen LogP contribution is 2.29. The van der Waals surface area contributed by atoms with Crippen LogP contribution < -0.4 is 0 Å². The number of fused-ring (bicyclic) bond motifs is 1. The third kappa shape index (κ3) is 1.66. The molecule has 0 radical (unpaired) electrons. The molecule has 0 amide bonds. The second-order valence-corrected chi connectivity index (χ2v) is 4.56. The Morgan fingerprint density at radius 2 is 2.00 bits per heavy atom. The van der Waals surface area contributed by atoms with Gasteiger partial charge >= 0.3 is 0 Å². The summed E-state index contributed by atoms with van der Waals surface area (Å²) in [6.07, 6.45) is 1.72. The molecular formula is C13H11ClN4. The lowest BCUT2D eigenvalue weighted by Crippen LogP contribution is -1.93. The number of hydrogen-bond acceptors (Lipinski definition) is 3. The van der Waals surface area contributed by atoms with Crippen LogP contribution in [0.25, 0.3) is 22.3 Å². The van der Waals surface area contributed by atoms with Crippen LogP contribution in [-0.2, 0) is 0 Å². The number of hydrogen-bond donors (Lipinski definition) is 1. The molecule has 0 saturated carbocycles. The number of nitrogens with zero attached hydrogens (tertiary/aromatic N) is 3. The first-order valence-electron chi connectivity index (χ1n) is 5.60. The molecule has 90 valence electrons. The fourth-order valence-corrected chi connectivity index (χ4v) is 2.19. The molecular weight excluding hydrogens is 248 g/mol. The van der Waals surface area contributed by atoms with Crippen LogP contribution in [0.4, 0.5) is 0 Å². The summed E-state index contributed by atoms with van der Waals surface area (Å²) in [6, 6.07) is 6.13. The third-order valence-electron chi connectivity index (χ3n) is 3.14. The van der Waals surface area contributed by atoms with Crippen molar-refractivity contribution in [2.75, 3.05) is 0 Å². The Morgan fingerprint density at radius 1 is 1.17 bits per heavy atom. The summed E-state index contributed by atoms with van der Waals surface area (Å²) in [5.74, 6) is 0. The summed E-state index contributed by atoms with van der Waals surface area (Å²) in [4.78, 5) is 8.45. The Balaban J connectivity index is 2.37. The van der Waals surface area contributed by atoms with Gasteiger partial charge in [-0.15, -0.1) is 0 Å². The van der Waals surface area contributed by atoms with Crippen LogP contribution in [0, 0.1) is 13.8 Å². The predicted octanol–water partition coefficient (Wildman–Crippen LogP) is 3.29. The van der Waals surface area contributed by atoms with E-state index in [1.165, 1.54) is 11.1 Å². The van der Waals surface area contributed by atoms with Crippen LogP contribution in [0.2, 0.25) is 5.28 Å². The minimum atomic E-state index is 0.225. The molecule has 0 aliphatic heterocycles. The highest BCUT2D eigenvalue weighted by atomic mass is 35.5. The van der Waals surface area contributed by atoms with Gasteiger partial charge in [-0.2, -0.15) is 10.1 Å². The molecule has 0 unspecified atom stereocenters. The molecule has 0 fully saturated rings. The number of rotatable bonds is 1. The van der Waals surface area contributed by atoms with E-state index in [0.717, 1.165) is 16.6 Å².